The number of para-hydroxylation sites is 2. The summed E-state index contributed by atoms with van der Waals surface area (Å²) in [6.45, 7) is 5.68. The average Bonchev–Trinajstić information content (AvgIpc) is 3.54. The molecule has 1 amide bonds. The van der Waals surface area contributed by atoms with Crippen molar-refractivity contribution in [1.29, 1.82) is 0 Å². The van der Waals surface area contributed by atoms with Crippen molar-refractivity contribution in [3.8, 4) is 11.5 Å². The fourth-order valence-corrected chi connectivity index (χ4v) is 4.20. The summed E-state index contributed by atoms with van der Waals surface area (Å²) < 4.78 is 24.4. The molecule has 0 saturated carbocycles. The van der Waals surface area contributed by atoms with Crippen LogP contribution in [-0.4, -0.2) is 55.3 Å². The SMILES string of the molecule is COc1ccccc1OCc1ccc(C(=O)Nc2ccc3c(ccn3CCN3CCOCC3)c2)o1. The van der Waals surface area contributed by atoms with Gasteiger partial charge in [-0.25, -0.2) is 0 Å². The molecule has 3 heterocycles. The standard InChI is InChI=1S/C27H29N3O5/c1-32-24-4-2-3-5-25(24)34-19-22-7-9-26(35-22)27(31)28-21-6-8-23-20(18-21)10-11-30(23)13-12-29-14-16-33-17-15-29/h2-11,18H,12-17,19H2,1H3,(H,28,31). The number of anilines is 1. The number of morpholine rings is 1. The molecule has 8 nitrogen and oxygen atoms in total. The van der Waals surface area contributed by atoms with Crippen molar-refractivity contribution in [2.45, 2.75) is 13.2 Å². The van der Waals surface area contributed by atoms with Crippen molar-refractivity contribution < 1.29 is 23.4 Å². The Balaban J connectivity index is 1.18. The van der Waals surface area contributed by atoms with E-state index in [2.05, 4.69) is 27.0 Å². The molecule has 0 atom stereocenters. The van der Waals surface area contributed by atoms with E-state index in [4.69, 9.17) is 18.6 Å². The van der Waals surface area contributed by atoms with Gasteiger partial charge in [-0.15, -0.1) is 0 Å². The molecule has 0 spiro atoms. The van der Waals surface area contributed by atoms with Gasteiger partial charge in [0.05, 0.1) is 20.3 Å². The molecule has 1 N–H and O–H groups in total. The lowest BCUT2D eigenvalue weighted by molar-refractivity contribution is 0.0365. The number of hydrogen-bond donors (Lipinski definition) is 1. The van der Waals surface area contributed by atoms with E-state index in [9.17, 15) is 4.79 Å². The van der Waals surface area contributed by atoms with Gasteiger partial charge >= 0.3 is 0 Å². The zero-order valence-electron chi connectivity index (χ0n) is 19.7. The number of aromatic nitrogens is 1. The number of hydrogen-bond acceptors (Lipinski definition) is 6. The van der Waals surface area contributed by atoms with Crippen molar-refractivity contribution in [3.05, 3.63) is 78.4 Å². The van der Waals surface area contributed by atoms with Gasteiger partial charge in [-0.2, -0.15) is 0 Å². The van der Waals surface area contributed by atoms with Gasteiger partial charge in [0.25, 0.3) is 5.91 Å². The van der Waals surface area contributed by atoms with Crippen LogP contribution in [0.25, 0.3) is 10.9 Å². The first-order valence-electron chi connectivity index (χ1n) is 11.7. The molecule has 1 aliphatic heterocycles. The number of carbonyl (C=O) groups excluding carboxylic acids is 1. The summed E-state index contributed by atoms with van der Waals surface area (Å²) in [7, 11) is 1.59. The molecule has 8 heteroatoms. The van der Waals surface area contributed by atoms with Crippen molar-refractivity contribution in [3.63, 3.8) is 0 Å². The smallest absolute Gasteiger partial charge is 0.291 e. The monoisotopic (exact) mass is 475 g/mol. The summed E-state index contributed by atoms with van der Waals surface area (Å²) in [4.78, 5) is 15.2. The van der Waals surface area contributed by atoms with Gasteiger partial charge in [0.2, 0.25) is 0 Å². The zero-order chi connectivity index (χ0) is 24.0. The predicted molar refractivity (Wildman–Crippen MR) is 133 cm³/mol. The Morgan fingerprint density at radius 2 is 1.83 bits per heavy atom. The van der Waals surface area contributed by atoms with Crippen LogP contribution in [0.2, 0.25) is 0 Å². The van der Waals surface area contributed by atoms with E-state index in [-0.39, 0.29) is 18.3 Å². The maximum atomic E-state index is 12.7. The Bertz CT molecular complexity index is 1290. The molecule has 0 radical (unpaired) electrons. The van der Waals surface area contributed by atoms with E-state index in [1.807, 2.05) is 42.5 Å². The number of fused-ring (bicyclic) bond motifs is 1. The van der Waals surface area contributed by atoms with Crippen molar-refractivity contribution in [1.82, 2.24) is 9.47 Å². The topological polar surface area (TPSA) is 78.1 Å². The van der Waals surface area contributed by atoms with E-state index in [1.54, 1.807) is 19.2 Å². The Morgan fingerprint density at radius 1 is 1.00 bits per heavy atom. The number of benzene rings is 2. The molecule has 2 aromatic carbocycles. The Kier molecular flexibility index (Phi) is 7.02. The number of carbonyl (C=O) groups is 1. The van der Waals surface area contributed by atoms with Gasteiger partial charge in [-0.05, 0) is 48.5 Å². The maximum absolute atomic E-state index is 12.7. The molecule has 182 valence electrons. The minimum atomic E-state index is -0.306. The molecule has 0 bridgehead atoms. The second kappa shape index (κ2) is 10.7. The van der Waals surface area contributed by atoms with Crippen molar-refractivity contribution in [2.24, 2.45) is 0 Å². The first-order chi connectivity index (χ1) is 17.2. The number of furan rings is 1. The van der Waals surface area contributed by atoms with Crippen LogP contribution in [0.15, 0.2) is 71.3 Å². The van der Waals surface area contributed by atoms with Crippen LogP contribution in [0.4, 0.5) is 5.69 Å². The normalized spacial score (nSPS) is 14.2. The third-order valence-corrected chi connectivity index (χ3v) is 6.11. The molecule has 0 aliphatic carbocycles. The molecule has 5 rings (SSSR count). The summed E-state index contributed by atoms with van der Waals surface area (Å²) in [6, 6.07) is 18.8. The Hall–Kier alpha value is -3.75. The van der Waals surface area contributed by atoms with E-state index in [0.717, 1.165) is 56.0 Å². The van der Waals surface area contributed by atoms with Crippen LogP contribution in [0, 0.1) is 0 Å². The van der Waals surface area contributed by atoms with Crippen LogP contribution in [0.1, 0.15) is 16.3 Å². The number of nitrogens with zero attached hydrogens (tertiary/aromatic N) is 2. The lowest BCUT2D eigenvalue weighted by Crippen LogP contribution is -2.38. The van der Waals surface area contributed by atoms with Gasteiger partial charge in [0.1, 0.15) is 12.4 Å². The van der Waals surface area contributed by atoms with Crippen LogP contribution in [0.5, 0.6) is 11.5 Å². The van der Waals surface area contributed by atoms with Gasteiger partial charge in [0.15, 0.2) is 17.3 Å². The first-order valence-corrected chi connectivity index (χ1v) is 11.7. The fraction of sp³-hybridized carbons (Fsp3) is 0.296. The number of ether oxygens (including phenoxy) is 3. The summed E-state index contributed by atoms with van der Waals surface area (Å²) in [5.41, 5.74) is 1.86. The van der Waals surface area contributed by atoms with Crippen LogP contribution < -0.4 is 14.8 Å². The number of amides is 1. The van der Waals surface area contributed by atoms with Gasteiger partial charge in [-0.3, -0.25) is 9.69 Å². The largest absolute Gasteiger partial charge is 0.493 e. The predicted octanol–water partition coefficient (Wildman–Crippen LogP) is 4.41. The van der Waals surface area contributed by atoms with Gasteiger partial charge < -0.3 is 28.5 Å². The highest BCUT2D eigenvalue weighted by molar-refractivity contribution is 6.03. The zero-order valence-corrected chi connectivity index (χ0v) is 19.7. The highest BCUT2D eigenvalue weighted by atomic mass is 16.5. The third kappa shape index (κ3) is 5.50. The summed E-state index contributed by atoms with van der Waals surface area (Å²) in [5, 5.41) is 4.00. The molecule has 2 aromatic heterocycles. The van der Waals surface area contributed by atoms with E-state index >= 15 is 0 Å². The minimum Gasteiger partial charge on any atom is -0.493 e. The second-order valence-electron chi connectivity index (χ2n) is 8.40. The Labute approximate surface area is 204 Å². The van der Waals surface area contributed by atoms with E-state index < -0.39 is 0 Å². The molecular weight excluding hydrogens is 446 g/mol. The fourth-order valence-electron chi connectivity index (χ4n) is 4.20. The number of nitrogens with one attached hydrogen (secondary N) is 1. The number of methoxy groups -OCH3 is 1. The minimum absolute atomic E-state index is 0.192. The molecule has 0 unspecified atom stereocenters. The molecular formula is C27H29N3O5. The lowest BCUT2D eigenvalue weighted by atomic mass is 10.2. The first kappa shape index (κ1) is 23.0. The molecule has 35 heavy (non-hydrogen) atoms. The maximum Gasteiger partial charge on any atom is 0.291 e. The summed E-state index contributed by atoms with van der Waals surface area (Å²) in [6.07, 6.45) is 2.09. The second-order valence-corrected chi connectivity index (χ2v) is 8.40. The highest BCUT2D eigenvalue weighted by Crippen LogP contribution is 2.27. The summed E-state index contributed by atoms with van der Waals surface area (Å²) in [5.74, 6) is 1.73. The quantitative estimate of drug-likeness (QED) is 0.387. The van der Waals surface area contributed by atoms with Gasteiger partial charge in [-0.1, -0.05) is 12.1 Å². The molecule has 1 saturated heterocycles. The molecule has 4 aromatic rings. The number of rotatable bonds is 9. The average molecular weight is 476 g/mol. The van der Waals surface area contributed by atoms with E-state index in [1.165, 1.54) is 0 Å². The Morgan fingerprint density at radius 3 is 2.66 bits per heavy atom. The molecule has 1 aliphatic rings. The highest BCUT2D eigenvalue weighted by Gasteiger charge is 2.14. The van der Waals surface area contributed by atoms with Crippen molar-refractivity contribution in [2.75, 3.05) is 45.3 Å². The van der Waals surface area contributed by atoms with Crippen LogP contribution in [0.3, 0.4) is 0 Å². The lowest BCUT2D eigenvalue weighted by Gasteiger charge is -2.26. The summed E-state index contributed by atoms with van der Waals surface area (Å²) >= 11 is 0. The molecule has 1 fully saturated rings. The van der Waals surface area contributed by atoms with Crippen molar-refractivity contribution >= 4 is 22.5 Å². The van der Waals surface area contributed by atoms with Crippen LogP contribution in [-0.2, 0) is 17.9 Å². The van der Waals surface area contributed by atoms with Crippen LogP contribution >= 0.6 is 0 Å². The third-order valence-electron chi connectivity index (χ3n) is 6.11. The van der Waals surface area contributed by atoms with E-state index in [0.29, 0.717) is 17.3 Å². The van der Waals surface area contributed by atoms with Gasteiger partial charge in [0, 0.05) is 49.0 Å².